The molecular formula is C10H6BrClN2O2. The van der Waals surface area contributed by atoms with Crippen LogP contribution in [0.1, 0.15) is 10.5 Å². The van der Waals surface area contributed by atoms with Crippen LogP contribution in [0.4, 0.5) is 0 Å². The van der Waals surface area contributed by atoms with Crippen LogP contribution in [0, 0.1) is 0 Å². The molecule has 1 aromatic heterocycles. The van der Waals surface area contributed by atoms with Gasteiger partial charge in [-0.05, 0) is 28.1 Å². The average Bonchev–Trinajstić information content (AvgIpc) is 2.60. The number of carboxylic acids is 1. The number of aromatic amines is 1. The van der Waals surface area contributed by atoms with E-state index >= 15 is 0 Å². The summed E-state index contributed by atoms with van der Waals surface area (Å²) in [7, 11) is 0. The van der Waals surface area contributed by atoms with Crippen molar-refractivity contribution in [1.82, 2.24) is 9.97 Å². The number of nitrogens with one attached hydrogen (secondary N) is 1. The third kappa shape index (κ3) is 2.10. The van der Waals surface area contributed by atoms with Gasteiger partial charge < -0.3 is 10.1 Å². The quantitative estimate of drug-likeness (QED) is 0.895. The van der Waals surface area contributed by atoms with Gasteiger partial charge in [-0.2, -0.15) is 0 Å². The summed E-state index contributed by atoms with van der Waals surface area (Å²) in [4.78, 5) is 17.6. The molecule has 2 rings (SSSR count). The van der Waals surface area contributed by atoms with E-state index in [9.17, 15) is 4.79 Å². The van der Waals surface area contributed by atoms with Crippen LogP contribution in [-0.2, 0) is 0 Å². The molecule has 0 aliphatic heterocycles. The van der Waals surface area contributed by atoms with Gasteiger partial charge in [-0.25, -0.2) is 9.78 Å². The molecule has 82 valence electrons. The second kappa shape index (κ2) is 4.27. The molecule has 0 fully saturated rings. The molecule has 1 aromatic carbocycles. The number of hydrogen-bond acceptors (Lipinski definition) is 2. The minimum absolute atomic E-state index is 0.0463. The summed E-state index contributed by atoms with van der Waals surface area (Å²) in [5.74, 6) is -0.622. The fourth-order valence-electron chi connectivity index (χ4n) is 1.27. The van der Waals surface area contributed by atoms with Crippen LogP contribution in [-0.4, -0.2) is 21.0 Å². The van der Waals surface area contributed by atoms with Gasteiger partial charge in [-0.1, -0.05) is 23.7 Å². The van der Waals surface area contributed by atoms with Gasteiger partial charge >= 0.3 is 5.97 Å². The molecule has 16 heavy (non-hydrogen) atoms. The lowest BCUT2D eigenvalue weighted by molar-refractivity contribution is 0.0690. The summed E-state index contributed by atoms with van der Waals surface area (Å²) in [6.07, 6.45) is 0. The smallest absolute Gasteiger partial charge is 0.357 e. The highest BCUT2D eigenvalue weighted by atomic mass is 79.9. The second-order valence-corrected chi connectivity index (χ2v) is 4.29. The van der Waals surface area contributed by atoms with Gasteiger partial charge in [0.2, 0.25) is 0 Å². The van der Waals surface area contributed by atoms with Crippen molar-refractivity contribution in [2.75, 3.05) is 0 Å². The summed E-state index contributed by atoms with van der Waals surface area (Å²) in [6, 6.07) is 7.01. The highest BCUT2D eigenvalue weighted by Crippen LogP contribution is 2.23. The van der Waals surface area contributed by atoms with E-state index in [1.165, 1.54) is 0 Å². The summed E-state index contributed by atoms with van der Waals surface area (Å²) in [5.41, 5.74) is 0.690. The van der Waals surface area contributed by atoms with E-state index in [0.29, 0.717) is 15.5 Å². The van der Waals surface area contributed by atoms with E-state index in [1.807, 2.05) is 0 Å². The molecule has 4 nitrogen and oxygen atoms in total. The molecule has 0 bridgehead atoms. The van der Waals surface area contributed by atoms with Crippen LogP contribution < -0.4 is 0 Å². The monoisotopic (exact) mass is 300 g/mol. The number of aromatic carboxylic acids is 1. The van der Waals surface area contributed by atoms with E-state index in [1.54, 1.807) is 24.3 Å². The van der Waals surface area contributed by atoms with Gasteiger partial charge in [0.25, 0.3) is 0 Å². The Morgan fingerprint density at radius 3 is 2.81 bits per heavy atom. The van der Waals surface area contributed by atoms with Gasteiger partial charge in [0, 0.05) is 10.6 Å². The van der Waals surface area contributed by atoms with Crippen molar-refractivity contribution in [3.63, 3.8) is 0 Å². The molecule has 0 atom stereocenters. The second-order valence-electron chi connectivity index (χ2n) is 3.06. The van der Waals surface area contributed by atoms with Crippen molar-refractivity contribution in [3.05, 3.63) is 39.6 Å². The molecule has 2 aromatic rings. The maximum absolute atomic E-state index is 10.8. The fraction of sp³-hybridized carbons (Fsp3) is 0. The number of benzene rings is 1. The number of carbonyl (C=O) groups is 1. The van der Waals surface area contributed by atoms with Gasteiger partial charge in [-0.3, -0.25) is 0 Å². The zero-order valence-electron chi connectivity index (χ0n) is 7.87. The van der Waals surface area contributed by atoms with Crippen LogP contribution in [0.25, 0.3) is 11.4 Å². The highest BCUT2D eigenvalue weighted by molar-refractivity contribution is 9.10. The van der Waals surface area contributed by atoms with E-state index in [0.717, 1.165) is 5.56 Å². The number of carboxylic acid groups (broad SMARTS) is 1. The molecule has 2 N–H and O–H groups in total. The van der Waals surface area contributed by atoms with Crippen molar-refractivity contribution >= 4 is 33.5 Å². The molecule has 0 amide bonds. The Kier molecular flexibility index (Phi) is 2.98. The molecule has 0 spiro atoms. The van der Waals surface area contributed by atoms with Gasteiger partial charge in [0.15, 0.2) is 5.69 Å². The Bertz CT molecular complexity index is 554. The van der Waals surface area contributed by atoms with E-state index < -0.39 is 5.97 Å². The third-order valence-electron chi connectivity index (χ3n) is 1.96. The number of halogens is 2. The predicted molar refractivity (Wildman–Crippen MR) is 63.7 cm³/mol. The Labute approximate surface area is 104 Å². The van der Waals surface area contributed by atoms with Crippen molar-refractivity contribution < 1.29 is 9.90 Å². The highest BCUT2D eigenvalue weighted by Gasteiger charge is 2.15. The van der Waals surface area contributed by atoms with Gasteiger partial charge in [0.05, 0.1) is 0 Å². The summed E-state index contributed by atoms with van der Waals surface area (Å²) >= 11 is 8.94. The first-order valence-corrected chi connectivity index (χ1v) is 5.50. The van der Waals surface area contributed by atoms with Crippen molar-refractivity contribution in [1.29, 1.82) is 0 Å². The number of aromatic nitrogens is 2. The molecule has 0 unspecified atom stereocenters. The molecule has 1 heterocycles. The molecule has 0 aliphatic rings. The minimum atomic E-state index is -1.09. The van der Waals surface area contributed by atoms with Crippen LogP contribution in [0.3, 0.4) is 0 Å². The predicted octanol–water partition coefficient (Wildman–Crippen LogP) is 3.19. The van der Waals surface area contributed by atoms with Crippen LogP contribution in [0.15, 0.2) is 28.9 Å². The first kappa shape index (κ1) is 11.2. The van der Waals surface area contributed by atoms with Crippen molar-refractivity contribution in [2.45, 2.75) is 0 Å². The Balaban J connectivity index is 2.49. The topological polar surface area (TPSA) is 66.0 Å². The Hall–Kier alpha value is -1.33. The average molecular weight is 302 g/mol. The van der Waals surface area contributed by atoms with E-state index in [-0.39, 0.29) is 5.69 Å². The lowest BCUT2D eigenvalue weighted by Crippen LogP contribution is -1.97. The molecule has 6 heteroatoms. The number of hydrogen-bond donors (Lipinski definition) is 2. The summed E-state index contributed by atoms with van der Waals surface area (Å²) in [6.45, 7) is 0. The fourth-order valence-corrected chi connectivity index (χ4v) is 1.90. The van der Waals surface area contributed by atoms with Crippen LogP contribution in [0.5, 0.6) is 0 Å². The zero-order valence-corrected chi connectivity index (χ0v) is 10.2. The van der Waals surface area contributed by atoms with Crippen LogP contribution >= 0.6 is 27.5 Å². The first-order valence-electron chi connectivity index (χ1n) is 4.32. The number of rotatable bonds is 2. The zero-order chi connectivity index (χ0) is 11.7. The largest absolute Gasteiger partial charge is 0.476 e. The van der Waals surface area contributed by atoms with Gasteiger partial charge in [0.1, 0.15) is 10.4 Å². The Morgan fingerprint density at radius 2 is 2.25 bits per heavy atom. The molecular weight excluding hydrogens is 295 g/mol. The maximum atomic E-state index is 10.8. The Morgan fingerprint density at radius 1 is 1.50 bits per heavy atom. The van der Waals surface area contributed by atoms with Crippen molar-refractivity contribution in [2.24, 2.45) is 0 Å². The van der Waals surface area contributed by atoms with Crippen molar-refractivity contribution in [3.8, 4) is 11.4 Å². The molecule has 0 saturated carbocycles. The van der Waals surface area contributed by atoms with E-state index in [2.05, 4.69) is 25.9 Å². The van der Waals surface area contributed by atoms with E-state index in [4.69, 9.17) is 16.7 Å². The normalized spacial score (nSPS) is 10.4. The SMILES string of the molecule is O=C(O)c1nc(-c2cccc(Cl)c2)[nH]c1Br. The molecule has 0 radical (unpaired) electrons. The van der Waals surface area contributed by atoms with Gasteiger partial charge in [-0.15, -0.1) is 0 Å². The standard InChI is InChI=1S/C10H6BrClN2O2/c11-8-7(10(15)16)13-9(14-8)5-2-1-3-6(12)4-5/h1-4H,(H,13,14)(H,15,16). The molecule has 0 aliphatic carbocycles. The summed E-state index contributed by atoms with van der Waals surface area (Å²) < 4.78 is 0.343. The number of nitrogens with zero attached hydrogens (tertiary/aromatic N) is 1. The van der Waals surface area contributed by atoms with Crippen LogP contribution in [0.2, 0.25) is 5.02 Å². The third-order valence-corrected chi connectivity index (χ3v) is 2.77. The lowest BCUT2D eigenvalue weighted by atomic mass is 10.2. The number of imidazole rings is 1. The lowest BCUT2D eigenvalue weighted by Gasteiger charge is -1.96. The number of H-pyrrole nitrogens is 1. The summed E-state index contributed by atoms with van der Waals surface area (Å²) in [5, 5.41) is 9.41. The first-order chi connectivity index (χ1) is 7.58. The molecule has 0 saturated heterocycles. The maximum Gasteiger partial charge on any atom is 0.357 e. The minimum Gasteiger partial charge on any atom is -0.476 e.